The van der Waals surface area contributed by atoms with Crippen LogP contribution in [-0.4, -0.2) is 4.98 Å². The smallest absolute Gasteiger partial charge is 0.124 e. The molecule has 3 heteroatoms. The van der Waals surface area contributed by atoms with E-state index in [0.29, 0.717) is 0 Å². The van der Waals surface area contributed by atoms with E-state index in [4.69, 9.17) is 0 Å². The molecule has 0 amide bonds. The molecule has 0 aliphatic heterocycles. The van der Waals surface area contributed by atoms with Crippen molar-refractivity contribution in [2.24, 2.45) is 0 Å². The fourth-order valence-electron chi connectivity index (χ4n) is 1.90. The van der Waals surface area contributed by atoms with Gasteiger partial charge < -0.3 is 0 Å². The molecular formula is C14H10BrNS. The highest BCUT2D eigenvalue weighted by Gasteiger charge is 2.13. The van der Waals surface area contributed by atoms with Crippen LogP contribution in [0.15, 0.2) is 47.1 Å². The molecule has 17 heavy (non-hydrogen) atoms. The molecule has 0 atom stereocenters. The Bertz CT molecular complexity index is 688. The predicted octanol–water partition coefficient (Wildman–Crippen LogP) is 5.03. The molecule has 0 spiro atoms. The van der Waals surface area contributed by atoms with E-state index < -0.39 is 0 Å². The number of aryl methyl sites for hydroxylation is 1. The summed E-state index contributed by atoms with van der Waals surface area (Å²) in [7, 11) is 0. The van der Waals surface area contributed by atoms with Gasteiger partial charge in [-0.2, -0.15) is 0 Å². The standard InChI is InChI=1S/C14H10BrNS/c1-9-5-2-3-6-10(9)13-12(15)11-7-4-8-16-14(11)17-13/h2-8H,1H3. The number of pyridine rings is 1. The van der Waals surface area contributed by atoms with Crippen LogP contribution in [0.4, 0.5) is 0 Å². The predicted molar refractivity (Wildman–Crippen MR) is 77.5 cm³/mol. The Morgan fingerprint density at radius 3 is 2.71 bits per heavy atom. The van der Waals surface area contributed by atoms with Crippen molar-refractivity contribution in [3.05, 3.63) is 52.6 Å². The van der Waals surface area contributed by atoms with Crippen LogP contribution in [0.25, 0.3) is 20.7 Å². The normalized spacial score (nSPS) is 10.9. The van der Waals surface area contributed by atoms with Crippen LogP contribution in [-0.2, 0) is 0 Å². The number of rotatable bonds is 1. The second-order valence-corrected chi connectivity index (χ2v) is 5.71. The van der Waals surface area contributed by atoms with Crippen LogP contribution in [0.2, 0.25) is 0 Å². The second-order valence-electron chi connectivity index (χ2n) is 3.92. The van der Waals surface area contributed by atoms with Gasteiger partial charge in [0.1, 0.15) is 4.83 Å². The topological polar surface area (TPSA) is 12.9 Å². The number of nitrogens with zero attached hydrogens (tertiary/aromatic N) is 1. The molecule has 0 saturated heterocycles. The first kappa shape index (κ1) is 10.9. The van der Waals surface area contributed by atoms with Gasteiger partial charge in [-0.1, -0.05) is 24.3 Å². The monoisotopic (exact) mass is 303 g/mol. The van der Waals surface area contributed by atoms with Gasteiger partial charge >= 0.3 is 0 Å². The molecule has 0 aliphatic carbocycles. The average molecular weight is 304 g/mol. The maximum absolute atomic E-state index is 4.41. The fourth-order valence-corrected chi connectivity index (χ4v) is 3.94. The third kappa shape index (κ3) is 1.79. The lowest BCUT2D eigenvalue weighted by Gasteiger charge is -2.02. The van der Waals surface area contributed by atoms with Crippen LogP contribution < -0.4 is 0 Å². The van der Waals surface area contributed by atoms with E-state index in [1.807, 2.05) is 12.3 Å². The molecule has 3 aromatic rings. The van der Waals surface area contributed by atoms with Crippen molar-refractivity contribution >= 4 is 37.5 Å². The molecule has 0 bridgehead atoms. The van der Waals surface area contributed by atoms with Crippen molar-refractivity contribution in [3.8, 4) is 10.4 Å². The Morgan fingerprint density at radius 2 is 1.94 bits per heavy atom. The number of hydrogen-bond donors (Lipinski definition) is 0. The van der Waals surface area contributed by atoms with Crippen LogP contribution in [0.3, 0.4) is 0 Å². The molecular weight excluding hydrogens is 294 g/mol. The lowest BCUT2D eigenvalue weighted by molar-refractivity contribution is 1.44. The Morgan fingerprint density at radius 1 is 1.12 bits per heavy atom. The first-order chi connectivity index (χ1) is 8.27. The molecule has 2 heterocycles. The molecule has 1 aromatic carbocycles. The van der Waals surface area contributed by atoms with Crippen LogP contribution in [0, 0.1) is 6.92 Å². The minimum atomic E-state index is 1.08. The van der Waals surface area contributed by atoms with Crippen molar-refractivity contribution in [1.29, 1.82) is 0 Å². The zero-order chi connectivity index (χ0) is 11.8. The maximum Gasteiger partial charge on any atom is 0.124 e. The van der Waals surface area contributed by atoms with Gasteiger partial charge in [0.2, 0.25) is 0 Å². The van der Waals surface area contributed by atoms with Crippen LogP contribution in [0.1, 0.15) is 5.56 Å². The van der Waals surface area contributed by atoms with Gasteiger partial charge in [0.15, 0.2) is 0 Å². The van der Waals surface area contributed by atoms with E-state index in [-0.39, 0.29) is 0 Å². The molecule has 2 aromatic heterocycles. The molecule has 3 rings (SSSR count). The summed E-state index contributed by atoms with van der Waals surface area (Å²) in [5.74, 6) is 0. The highest BCUT2D eigenvalue weighted by molar-refractivity contribution is 9.10. The van der Waals surface area contributed by atoms with Gasteiger partial charge in [0.05, 0.1) is 4.88 Å². The minimum Gasteiger partial charge on any atom is -0.245 e. The summed E-state index contributed by atoms with van der Waals surface area (Å²) in [6.07, 6.45) is 1.84. The molecule has 84 valence electrons. The summed E-state index contributed by atoms with van der Waals surface area (Å²) >= 11 is 5.43. The molecule has 0 aliphatic rings. The van der Waals surface area contributed by atoms with Crippen molar-refractivity contribution in [2.75, 3.05) is 0 Å². The fraction of sp³-hybridized carbons (Fsp3) is 0.0714. The van der Waals surface area contributed by atoms with Crippen LogP contribution >= 0.6 is 27.3 Å². The minimum absolute atomic E-state index is 1.08. The molecule has 0 N–H and O–H groups in total. The average Bonchev–Trinajstić information content (AvgIpc) is 2.68. The lowest BCUT2D eigenvalue weighted by atomic mass is 10.1. The number of halogens is 1. The van der Waals surface area contributed by atoms with E-state index in [2.05, 4.69) is 58.2 Å². The van der Waals surface area contributed by atoms with Gasteiger partial charge in [-0.25, -0.2) is 4.98 Å². The van der Waals surface area contributed by atoms with Crippen LogP contribution in [0.5, 0.6) is 0 Å². The first-order valence-electron chi connectivity index (χ1n) is 5.36. The quantitative estimate of drug-likeness (QED) is 0.614. The Kier molecular flexibility index (Phi) is 2.73. The number of thiophene rings is 1. The summed E-state index contributed by atoms with van der Waals surface area (Å²) in [5.41, 5.74) is 2.57. The van der Waals surface area contributed by atoms with Gasteiger partial charge in [-0.15, -0.1) is 11.3 Å². The van der Waals surface area contributed by atoms with Crippen molar-refractivity contribution in [2.45, 2.75) is 6.92 Å². The summed E-state index contributed by atoms with van der Waals surface area (Å²) in [6.45, 7) is 2.14. The zero-order valence-corrected chi connectivity index (χ0v) is 11.7. The first-order valence-corrected chi connectivity index (χ1v) is 6.97. The third-order valence-corrected chi connectivity index (χ3v) is 5.03. The molecule has 0 fully saturated rings. The second kappa shape index (κ2) is 4.24. The van der Waals surface area contributed by atoms with Crippen molar-refractivity contribution in [1.82, 2.24) is 4.98 Å². The van der Waals surface area contributed by atoms with Crippen molar-refractivity contribution < 1.29 is 0 Å². The van der Waals surface area contributed by atoms with E-state index in [1.54, 1.807) is 11.3 Å². The van der Waals surface area contributed by atoms with Gasteiger partial charge in [-0.3, -0.25) is 0 Å². The molecule has 0 saturated carbocycles. The number of benzene rings is 1. The van der Waals surface area contributed by atoms with Gasteiger partial charge in [-0.05, 0) is 46.1 Å². The lowest BCUT2D eigenvalue weighted by Crippen LogP contribution is -1.78. The zero-order valence-electron chi connectivity index (χ0n) is 9.27. The van der Waals surface area contributed by atoms with E-state index in [0.717, 1.165) is 9.30 Å². The largest absolute Gasteiger partial charge is 0.245 e. The van der Waals surface area contributed by atoms with E-state index >= 15 is 0 Å². The van der Waals surface area contributed by atoms with Gasteiger partial charge in [0, 0.05) is 16.1 Å². The SMILES string of the molecule is Cc1ccccc1-c1sc2ncccc2c1Br. The number of fused-ring (bicyclic) bond motifs is 1. The van der Waals surface area contributed by atoms with E-state index in [1.165, 1.54) is 21.4 Å². The molecule has 0 unspecified atom stereocenters. The third-order valence-electron chi connectivity index (χ3n) is 2.80. The molecule has 0 radical (unpaired) electrons. The Labute approximate surface area is 112 Å². The summed E-state index contributed by atoms with van der Waals surface area (Å²) in [5, 5.41) is 1.19. The highest BCUT2D eigenvalue weighted by Crippen LogP contribution is 2.42. The number of hydrogen-bond acceptors (Lipinski definition) is 2. The van der Waals surface area contributed by atoms with E-state index in [9.17, 15) is 0 Å². The van der Waals surface area contributed by atoms with Crippen molar-refractivity contribution in [3.63, 3.8) is 0 Å². The summed E-state index contributed by atoms with van der Waals surface area (Å²) < 4.78 is 1.15. The highest BCUT2D eigenvalue weighted by atomic mass is 79.9. The maximum atomic E-state index is 4.41. The Balaban J connectivity index is 2.32. The van der Waals surface area contributed by atoms with Gasteiger partial charge in [0.25, 0.3) is 0 Å². The summed E-state index contributed by atoms with van der Waals surface area (Å²) in [4.78, 5) is 6.75. The Hall–Kier alpha value is -1.19. The molecule has 1 nitrogen and oxygen atoms in total. The summed E-state index contributed by atoms with van der Waals surface area (Å²) in [6, 6.07) is 12.5. The number of aromatic nitrogens is 1.